The van der Waals surface area contributed by atoms with E-state index in [0.717, 1.165) is 16.7 Å². The Labute approximate surface area is 136 Å². The lowest BCUT2D eigenvalue weighted by atomic mass is 10.1. The minimum atomic E-state index is -4.44. The fourth-order valence-corrected chi connectivity index (χ4v) is 2.27. The van der Waals surface area contributed by atoms with Crippen LogP contribution in [0.25, 0.3) is 0 Å². The van der Waals surface area contributed by atoms with Crippen LogP contribution in [0.2, 0.25) is 0 Å². The van der Waals surface area contributed by atoms with E-state index in [1.807, 2.05) is 20.8 Å². The van der Waals surface area contributed by atoms with Crippen LogP contribution in [0.15, 0.2) is 10.4 Å². The predicted octanol–water partition coefficient (Wildman–Crippen LogP) is 1.74. The molecule has 0 atom stereocenters. The van der Waals surface area contributed by atoms with Gasteiger partial charge in [0.25, 0.3) is 0 Å². The van der Waals surface area contributed by atoms with Gasteiger partial charge in [-0.15, -0.1) is 11.3 Å². The molecule has 0 unspecified atom stereocenters. The molecule has 1 rings (SSSR count). The molecule has 0 saturated carbocycles. The molecular weight excluding hydrogens is 331 g/mol. The van der Waals surface area contributed by atoms with Gasteiger partial charge >= 0.3 is 6.18 Å². The number of nitrogens with zero attached hydrogens (tertiary/aromatic N) is 2. The Morgan fingerprint density at radius 3 is 2.43 bits per heavy atom. The fraction of sp³-hybridized carbons (Fsp3) is 0.615. The van der Waals surface area contributed by atoms with E-state index >= 15 is 0 Å². The maximum Gasteiger partial charge on any atom is 0.434 e. The molecule has 1 aromatic heterocycles. The van der Waals surface area contributed by atoms with E-state index in [2.05, 4.69) is 25.9 Å². The number of guanidine groups is 1. The number of aliphatic imine (C=N–C) groups is 1. The molecular formula is C13H20F3N5OS. The van der Waals surface area contributed by atoms with Crippen molar-refractivity contribution in [3.8, 4) is 0 Å². The van der Waals surface area contributed by atoms with Crippen LogP contribution in [-0.4, -0.2) is 36.0 Å². The van der Waals surface area contributed by atoms with E-state index in [9.17, 15) is 18.0 Å². The lowest BCUT2D eigenvalue weighted by molar-refractivity contribution is -0.140. The Morgan fingerprint density at radius 1 is 1.30 bits per heavy atom. The van der Waals surface area contributed by atoms with Crippen molar-refractivity contribution in [2.75, 3.05) is 13.6 Å². The molecule has 10 heteroatoms. The van der Waals surface area contributed by atoms with Crippen LogP contribution in [0.4, 0.5) is 13.2 Å². The number of carbonyl (C=O) groups excluding carboxylic acids is 1. The van der Waals surface area contributed by atoms with Crippen LogP contribution < -0.4 is 16.0 Å². The number of alkyl halides is 3. The third-order valence-corrected chi connectivity index (χ3v) is 3.25. The van der Waals surface area contributed by atoms with Gasteiger partial charge in [0.05, 0.1) is 13.1 Å². The number of carbonyl (C=O) groups is 1. The van der Waals surface area contributed by atoms with Gasteiger partial charge in [0.15, 0.2) is 11.7 Å². The van der Waals surface area contributed by atoms with Crippen molar-refractivity contribution in [3.63, 3.8) is 0 Å². The molecule has 0 saturated heterocycles. The highest BCUT2D eigenvalue weighted by Crippen LogP contribution is 2.29. The SMILES string of the molecule is CN=C(NCC(=O)NC(C)(C)C)NCc1nc(C(F)(F)F)cs1. The Kier molecular flexibility index (Phi) is 6.37. The molecule has 0 fully saturated rings. The first-order valence-electron chi connectivity index (χ1n) is 6.78. The van der Waals surface area contributed by atoms with E-state index in [0.29, 0.717) is 5.96 Å². The van der Waals surface area contributed by atoms with E-state index < -0.39 is 11.9 Å². The van der Waals surface area contributed by atoms with Crippen molar-refractivity contribution in [3.05, 3.63) is 16.1 Å². The molecule has 1 heterocycles. The van der Waals surface area contributed by atoms with Gasteiger partial charge in [-0.05, 0) is 20.8 Å². The fourth-order valence-electron chi connectivity index (χ4n) is 1.53. The zero-order chi connectivity index (χ0) is 17.7. The second-order valence-corrected chi connectivity index (χ2v) is 6.64. The van der Waals surface area contributed by atoms with Gasteiger partial charge in [0.1, 0.15) is 5.01 Å². The smallest absolute Gasteiger partial charge is 0.350 e. The van der Waals surface area contributed by atoms with Crippen molar-refractivity contribution in [2.45, 2.75) is 39.0 Å². The van der Waals surface area contributed by atoms with Crippen molar-refractivity contribution >= 4 is 23.2 Å². The van der Waals surface area contributed by atoms with Gasteiger partial charge in [-0.3, -0.25) is 9.79 Å². The topological polar surface area (TPSA) is 78.4 Å². The Bertz CT molecular complexity index is 563. The monoisotopic (exact) mass is 351 g/mol. The number of hydrogen-bond acceptors (Lipinski definition) is 4. The number of nitrogens with one attached hydrogen (secondary N) is 3. The molecule has 130 valence electrons. The van der Waals surface area contributed by atoms with E-state index in [4.69, 9.17) is 0 Å². The molecule has 1 amide bonds. The third kappa shape index (κ3) is 7.31. The van der Waals surface area contributed by atoms with Gasteiger partial charge in [-0.25, -0.2) is 4.98 Å². The highest BCUT2D eigenvalue weighted by molar-refractivity contribution is 7.09. The standard InChI is InChI=1S/C13H20F3N5OS/c1-12(2,3)21-9(22)5-18-11(17-4)19-6-10-20-8(7-23-10)13(14,15)16/h7H,5-6H2,1-4H3,(H,21,22)(H2,17,18,19). The molecule has 1 aromatic rings. The summed E-state index contributed by atoms with van der Waals surface area (Å²) in [5, 5.41) is 9.60. The Hall–Kier alpha value is -1.84. The number of thiazole rings is 1. The normalized spacial score (nSPS) is 12.9. The van der Waals surface area contributed by atoms with Gasteiger partial charge in [-0.1, -0.05) is 0 Å². The Morgan fingerprint density at radius 2 is 1.96 bits per heavy atom. The van der Waals surface area contributed by atoms with Crippen LogP contribution in [0.1, 0.15) is 31.5 Å². The summed E-state index contributed by atoms with van der Waals surface area (Å²) in [7, 11) is 1.50. The van der Waals surface area contributed by atoms with E-state index in [1.54, 1.807) is 0 Å². The minimum Gasteiger partial charge on any atom is -0.350 e. The van der Waals surface area contributed by atoms with Crippen molar-refractivity contribution in [1.29, 1.82) is 0 Å². The van der Waals surface area contributed by atoms with Crippen LogP contribution in [0.5, 0.6) is 0 Å². The average molecular weight is 351 g/mol. The number of halogens is 3. The molecule has 3 N–H and O–H groups in total. The largest absolute Gasteiger partial charge is 0.434 e. The first-order valence-corrected chi connectivity index (χ1v) is 7.66. The zero-order valence-electron chi connectivity index (χ0n) is 13.3. The number of aromatic nitrogens is 1. The van der Waals surface area contributed by atoms with Crippen molar-refractivity contribution in [2.24, 2.45) is 4.99 Å². The molecule has 0 aliphatic carbocycles. The number of hydrogen-bond donors (Lipinski definition) is 3. The van der Waals surface area contributed by atoms with Gasteiger partial charge in [0.2, 0.25) is 5.91 Å². The molecule has 0 aliphatic rings. The summed E-state index contributed by atoms with van der Waals surface area (Å²) in [4.78, 5) is 19.1. The summed E-state index contributed by atoms with van der Waals surface area (Å²) < 4.78 is 37.4. The average Bonchev–Trinajstić information content (AvgIpc) is 2.85. The van der Waals surface area contributed by atoms with E-state index in [1.165, 1.54) is 7.05 Å². The number of rotatable bonds is 4. The summed E-state index contributed by atoms with van der Waals surface area (Å²) in [5.41, 5.74) is -1.25. The zero-order valence-corrected chi connectivity index (χ0v) is 14.2. The lowest BCUT2D eigenvalue weighted by Gasteiger charge is -2.21. The predicted molar refractivity (Wildman–Crippen MR) is 83.2 cm³/mol. The molecule has 0 aromatic carbocycles. The Balaban J connectivity index is 2.46. The van der Waals surface area contributed by atoms with Crippen LogP contribution >= 0.6 is 11.3 Å². The summed E-state index contributed by atoms with van der Waals surface area (Å²) in [6, 6.07) is 0. The lowest BCUT2D eigenvalue weighted by Crippen LogP contribution is -2.48. The summed E-state index contributed by atoms with van der Waals surface area (Å²) in [5.74, 6) is 0.0897. The molecule has 0 bridgehead atoms. The van der Waals surface area contributed by atoms with Crippen LogP contribution in [-0.2, 0) is 17.5 Å². The van der Waals surface area contributed by atoms with Gasteiger partial charge in [0, 0.05) is 18.0 Å². The highest BCUT2D eigenvalue weighted by atomic mass is 32.1. The first kappa shape index (κ1) is 19.2. The van der Waals surface area contributed by atoms with Gasteiger partial charge < -0.3 is 16.0 Å². The molecule has 0 radical (unpaired) electrons. The van der Waals surface area contributed by atoms with Crippen LogP contribution in [0, 0.1) is 0 Å². The second-order valence-electron chi connectivity index (χ2n) is 5.70. The quantitative estimate of drug-likeness (QED) is 0.570. The first-order chi connectivity index (χ1) is 10.5. The summed E-state index contributed by atoms with van der Waals surface area (Å²) in [6.45, 7) is 5.67. The minimum absolute atomic E-state index is 0.00259. The van der Waals surface area contributed by atoms with E-state index in [-0.39, 0.29) is 29.5 Å². The molecule has 23 heavy (non-hydrogen) atoms. The molecule has 0 aliphatic heterocycles. The molecule has 0 spiro atoms. The summed E-state index contributed by atoms with van der Waals surface area (Å²) >= 11 is 0.905. The number of amides is 1. The third-order valence-electron chi connectivity index (χ3n) is 2.40. The summed E-state index contributed by atoms with van der Waals surface area (Å²) in [6.07, 6.45) is -4.44. The maximum absolute atomic E-state index is 12.5. The molecule has 6 nitrogen and oxygen atoms in total. The second kappa shape index (κ2) is 7.62. The van der Waals surface area contributed by atoms with Crippen molar-refractivity contribution in [1.82, 2.24) is 20.9 Å². The van der Waals surface area contributed by atoms with Crippen molar-refractivity contribution < 1.29 is 18.0 Å². The van der Waals surface area contributed by atoms with Gasteiger partial charge in [-0.2, -0.15) is 13.2 Å². The highest BCUT2D eigenvalue weighted by Gasteiger charge is 2.33. The van der Waals surface area contributed by atoms with Crippen LogP contribution in [0.3, 0.4) is 0 Å². The maximum atomic E-state index is 12.5.